The number of nitrogens with one attached hydrogen (secondary N) is 1. The van der Waals surface area contributed by atoms with Crippen molar-refractivity contribution in [3.8, 4) is 0 Å². The second-order valence-corrected chi connectivity index (χ2v) is 12.2. The molecule has 0 saturated carbocycles. The van der Waals surface area contributed by atoms with Crippen LogP contribution in [-0.4, -0.2) is 50.5 Å². The predicted octanol–water partition coefficient (Wildman–Crippen LogP) is 5.64. The molecule has 36 heavy (non-hydrogen) atoms. The first-order chi connectivity index (χ1) is 16.9. The van der Waals surface area contributed by atoms with Crippen molar-refractivity contribution in [2.45, 2.75) is 52.1 Å². The number of carbonyl (C=O) groups excluding carboxylic acids is 2. The number of unbranched alkanes of at least 4 members (excludes halogenated alkanes) is 1. The maximum atomic E-state index is 13.3. The molecule has 0 radical (unpaired) electrons. The first-order valence-corrected chi connectivity index (χ1v) is 15.1. The highest BCUT2D eigenvalue weighted by Gasteiger charge is 2.27. The molecule has 2 rings (SSSR count). The monoisotopic (exact) mass is 619 g/mol. The molecule has 1 N–H and O–H groups in total. The molecule has 0 bridgehead atoms. The number of sulfonamides is 1. The molecule has 0 unspecified atom stereocenters. The SMILES string of the molecule is CCCCNC(=O)[C@H](C)N(Cc1ccc(Br)cc1)C(=O)CCCN(c1cc(Cl)ccc1Cl)S(C)(=O)=O. The van der Waals surface area contributed by atoms with E-state index >= 15 is 0 Å². The van der Waals surface area contributed by atoms with Gasteiger partial charge in [-0.1, -0.05) is 64.6 Å². The van der Waals surface area contributed by atoms with Gasteiger partial charge in [0.05, 0.1) is 17.0 Å². The largest absolute Gasteiger partial charge is 0.354 e. The molecule has 2 amide bonds. The van der Waals surface area contributed by atoms with Crippen molar-refractivity contribution in [1.82, 2.24) is 10.2 Å². The summed E-state index contributed by atoms with van der Waals surface area (Å²) >= 11 is 15.7. The van der Waals surface area contributed by atoms with Gasteiger partial charge >= 0.3 is 0 Å². The summed E-state index contributed by atoms with van der Waals surface area (Å²) in [6.45, 7) is 4.57. The van der Waals surface area contributed by atoms with Crippen LogP contribution >= 0.6 is 39.1 Å². The average molecular weight is 621 g/mol. The van der Waals surface area contributed by atoms with Crippen LogP contribution in [-0.2, 0) is 26.2 Å². The van der Waals surface area contributed by atoms with Crippen LogP contribution in [0.1, 0.15) is 45.1 Å². The Hall–Kier alpha value is -1.81. The van der Waals surface area contributed by atoms with E-state index in [9.17, 15) is 18.0 Å². The first-order valence-electron chi connectivity index (χ1n) is 11.7. The van der Waals surface area contributed by atoms with Crippen molar-refractivity contribution in [3.05, 3.63) is 62.5 Å². The number of nitrogens with zero attached hydrogens (tertiary/aromatic N) is 2. The molecule has 11 heteroatoms. The van der Waals surface area contributed by atoms with Gasteiger partial charge in [-0.05, 0) is 55.7 Å². The number of carbonyl (C=O) groups is 2. The Morgan fingerprint density at radius 1 is 1.08 bits per heavy atom. The molecule has 0 heterocycles. The van der Waals surface area contributed by atoms with E-state index in [-0.39, 0.29) is 48.5 Å². The van der Waals surface area contributed by atoms with Crippen molar-refractivity contribution in [2.24, 2.45) is 0 Å². The number of anilines is 1. The van der Waals surface area contributed by atoms with Crippen LogP contribution in [0.25, 0.3) is 0 Å². The average Bonchev–Trinajstić information content (AvgIpc) is 2.82. The van der Waals surface area contributed by atoms with E-state index in [0.29, 0.717) is 11.6 Å². The molecule has 0 aliphatic carbocycles. The van der Waals surface area contributed by atoms with Crippen LogP contribution in [0.2, 0.25) is 10.0 Å². The normalized spacial score (nSPS) is 12.2. The third kappa shape index (κ3) is 9.25. The highest BCUT2D eigenvalue weighted by atomic mass is 79.9. The van der Waals surface area contributed by atoms with Gasteiger partial charge in [0.15, 0.2) is 0 Å². The fourth-order valence-corrected chi connectivity index (χ4v) is 5.23. The zero-order valence-corrected chi connectivity index (χ0v) is 24.6. The standard InChI is InChI=1S/C25H32BrCl2N3O4S/c1-4-5-14-29-25(33)18(2)30(17-19-8-10-20(26)11-9-19)24(32)7-6-15-31(36(3,34)35)23-16-21(27)12-13-22(23)28/h8-13,16,18H,4-7,14-15,17H2,1-3H3,(H,29,33)/t18-/m0/s1. The summed E-state index contributed by atoms with van der Waals surface area (Å²) < 4.78 is 27.0. The predicted molar refractivity (Wildman–Crippen MR) is 150 cm³/mol. The lowest BCUT2D eigenvalue weighted by molar-refractivity contribution is -0.140. The molecule has 7 nitrogen and oxygen atoms in total. The van der Waals surface area contributed by atoms with Crippen molar-refractivity contribution < 1.29 is 18.0 Å². The molecule has 0 saturated heterocycles. The molecule has 0 spiro atoms. The molecule has 1 atom stereocenters. The van der Waals surface area contributed by atoms with E-state index in [1.54, 1.807) is 13.0 Å². The van der Waals surface area contributed by atoms with Crippen LogP contribution in [0.5, 0.6) is 0 Å². The van der Waals surface area contributed by atoms with Gasteiger partial charge in [0.25, 0.3) is 0 Å². The number of benzene rings is 2. The van der Waals surface area contributed by atoms with E-state index in [4.69, 9.17) is 23.2 Å². The van der Waals surface area contributed by atoms with Gasteiger partial charge in [-0.25, -0.2) is 8.42 Å². The van der Waals surface area contributed by atoms with Crippen LogP contribution in [0, 0.1) is 0 Å². The number of rotatable bonds is 13. The third-order valence-corrected chi connectivity index (χ3v) is 7.86. The van der Waals surface area contributed by atoms with Crippen molar-refractivity contribution >= 4 is 66.7 Å². The molecule has 2 aromatic rings. The Labute approximate surface area is 232 Å². The van der Waals surface area contributed by atoms with Crippen LogP contribution in [0.15, 0.2) is 46.9 Å². The second-order valence-electron chi connectivity index (χ2n) is 8.50. The Morgan fingerprint density at radius 3 is 2.36 bits per heavy atom. The third-order valence-electron chi connectivity index (χ3n) is 5.59. The smallest absolute Gasteiger partial charge is 0.242 e. The quantitative estimate of drug-likeness (QED) is 0.294. The fourth-order valence-electron chi connectivity index (χ4n) is 3.56. The Bertz CT molecular complexity index is 1150. The van der Waals surface area contributed by atoms with Crippen molar-refractivity contribution in [2.75, 3.05) is 23.7 Å². The molecule has 0 aromatic heterocycles. The topological polar surface area (TPSA) is 86.8 Å². The van der Waals surface area contributed by atoms with Gasteiger partial charge < -0.3 is 10.2 Å². The lowest BCUT2D eigenvalue weighted by Gasteiger charge is -2.29. The van der Waals surface area contributed by atoms with Crippen LogP contribution < -0.4 is 9.62 Å². The van der Waals surface area contributed by atoms with E-state index in [2.05, 4.69) is 21.2 Å². The Kier molecular flexibility index (Phi) is 12.0. The highest BCUT2D eigenvalue weighted by Crippen LogP contribution is 2.31. The minimum Gasteiger partial charge on any atom is -0.354 e. The first kappa shape index (κ1) is 30.4. The number of hydrogen-bond acceptors (Lipinski definition) is 4. The zero-order chi connectivity index (χ0) is 26.9. The molecular weight excluding hydrogens is 589 g/mol. The minimum atomic E-state index is -3.67. The summed E-state index contributed by atoms with van der Waals surface area (Å²) in [5.74, 6) is -0.473. The van der Waals surface area contributed by atoms with Gasteiger partial charge in [-0.3, -0.25) is 13.9 Å². The van der Waals surface area contributed by atoms with E-state index < -0.39 is 16.1 Å². The number of halogens is 3. The fraction of sp³-hybridized carbons (Fsp3) is 0.440. The second kappa shape index (κ2) is 14.2. The summed E-state index contributed by atoms with van der Waals surface area (Å²) in [6.07, 6.45) is 3.16. The van der Waals surface area contributed by atoms with E-state index in [0.717, 1.165) is 33.4 Å². The van der Waals surface area contributed by atoms with Gasteiger partial charge in [-0.2, -0.15) is 0 Å². The number of amides is 2. The Morgan fingerprint density at radius 2 is 1.75 bits per heavy atom. The van der Waals surface area contributed by atoms with Crippen LogP contribution in [0.4, 0.5) is 5.69 Å². The lowest BCUT2D eigenvalue weighted by Crippen LogP contribution is -2.48. The van der Waals surface area contributed by atoms with Gasteiger partial charge in [0, 0.05) is 35.6 Å². The molecule has 0 fully saturated rings. The van der Waals surface area contributed by atoms with Crippen LogP contribution in [0.3, 0.4) is 0 Å². The van der Waals surface area contributed by atoms with Crippen molar-refractivity contribution in [3.63, 3.8) is 0 Å². The molecular formula is C25H32BrCl2N3O4S. The lowest BCUT2D eigenvalue weighted by atomic mass is 10.1. The van der Waals surface area contributed by atoms with Crippen molar-refractivity contribution in [1.29, 1.82) is 0 Å². The van der Waals surface area contributed by atoms with E-state index in [1.807, 2.05) is 31.2 Å². The van der Waals surface area contributed by atoms with Gasteiger partial charge in [0.2, 0.25) is 21.8 Å². The van der Waals surface area contributed by atoms with Gasteiger partial charge in [-0.15, -0.1) is 0 Å². The summed E-state index contributed by atoms with van der Waals surface area (Å²) in [4.78, 5) is 27.6. The molecule has 198 valence electrons. The summed E-state index contributed by atoms with van der Waals surface area (Å²) in [5.41, 5.74) is 1.14. The van der Waals surface area contributed by atoms with Gasteiger partial charge in [0.1, 0.15) is 6.04 Å². The highest BCUT2D eigenvalue weighted by molar-refractivity contribution is 9.10. The molecule has 0 aliphatic heterocycles. The van der Waals surface area contributed by atoms with E-state index in [1.165, 1.54) is 17.0 Å². The molecule has 2 aromatic carbocycles. The number of hydrogen-bond donors (Lipinski definition) is 1. The Balaban J connectivity index is 2.17. The summed E-state index contributed by atoms with van der Waals surface area (Å²) in [6, 6.07) is 11.4. The minimum absolute atomic E-state index is 0.0356. The summed E-state index contributed by atoms with van der Waals surface area (Å²) in [7, 11) is -3.67. The maximum absolute atomic E-state index is 13.3. The summed E-state index contributed by atoms with van der Waals surface area (Å²) in [5, 5.41) is 3.48. The molecule has 0 aliphatic rings. The maximum Gasteiger partial charge on any atom is 0.242 e. The zero-order valence-electron chi connectivity index (χ0n) is 20.6.